The molecule has 2 aromatic rings. The third kappa shape index (κ3) is 4.98. The lowest BCUT2D eigenvalue weighted by Gasteiger charge is -2.20. The maximum absolute atomic E-state index is 12.3. The van der Waals surface area contributed by atoms with Crippen molar-refractivity contribution in [3.8, 4) is 0 Å². The highest BCUT2D eigenvalue weighted by molar-refractivity contribution is 9.10. The number of benzene rings is 2. The zero-order valence-electron chi connectivity index (χ0n) is 17.6. The van der Waals surface area contributed by atoms with Gasteiger partial charge in [-0.1, -0.05) is 45.4 Å². The van der Waals surface area contributed by atoms with Crippen molar-refractivity contribution in [1.29, 1.82) is 0 Å². The first kappa shape index (κ1) is 22.2. The molecule has 30 heavy (non-hydrogen) atoms. The minimum Gasteiger partial charge on any atom is -0.325 e. The van der Waals surface area contributed by atoms with Gasteiger partial charge in [0.05, 0.1) is 16.8 Å². The van der Waals surface area contributed by atoms with Crippen LogP contribution in [0.3, 0.4) is 0 Å². The molecule has 5 nitrogen and oxygen atoms in total. The van der Waals surface area contributed by atoms with Crippen LogP contribution in [0.1, 0.15) is 72.7 Å². The van der Waals surface area contributed by atoms with Gasteiger partial charge in [-0.3, -0.25) is 19.3 Å². The number of fused-ring (bicyclic) bond motifs is 1. The topological polar surface area (TPSA) is 66.5 Å². The number of amides is 3. The number of unbranched alkanes of at least 4 members (excludes halogenated alkanes) is 2. The van der Waals surface area contributed by atoms with Gasteiger partial charge in [0, 0.05) is 17.4 Å². The molecule has 6 heteroatoms. The normalized spacial score (nSPS) is 13.5. The highest BCUT2D eigenvalue weighted by Gasteiger charge is 2.34. The van der Waals surface area contributed by atoms with E-state index in [0.29, 0.717) is 36.9 Å². The summed E-state index contributed by atoms with van der Waals surface area (Å²) in [5, 5.41) is 2.94. The van der Waals surface area contributed by atoms with Gasteiger partial charge in [0.25, 0.3) is 11.8 Å². The molecule has 0 aromatic heterocycles. The van der Waals surface area contributed by atoms with E-state index in [2.05, 4.69) is 42.0 Å². The van der Waals surface area contributed by atoms with Gasteiger partial charge in [0.15, 0.2) is 0 Å². The molecule has 1 heterocycles. The summed E-state index contributed by atoms with van der Waals surface area (Å²) in [6, 6.07) is 12.9. The number of nitrogens with one attached hydrogen (secondary N) is 1. The molecule has 1 aliphatic heterocycles. The largest absolute Gasteiger partial charge is 0.325 e. The fraction of sp³-hybridized carbons (Fsp3) is 0.375. The first-order chi connectivity index (χ1) is 14.2. The van der Waals surface area contributed by atoms with Crippen LogP contribution in [0.5, 0.6) is 0 Å². The van der Waals surface area contributed by atoms with Gasteiger partial charge in [-0.15, -0.1) is 0 Å². The molecule has 0 saturated heterocycles. The Kier molecular flexibility index (Phi) is 6.76. The molecule has 0 radical (unpaired) electrons. The van der Waals surface area contributed by atoms with E-state index in [4.69, 9.17) is 0 Å². The molecule has 0 spiro atoms. The second-order valence-electron chi connectivity index (χ2n) is 8.61. The standard InChI is InChI=1S/C24H27BrN2O3/c1-24(2,3)16-12-13-20(19(25)15-16)26-21(28)11-5-4-8-14-27-22(29)17-9-6-7-10-18(17)23(27)30/h6-7,9-10,12-13,15H,4-5,8,11,14H2,1-3H3,(H,26,28). The van der Waals surface area contributed by atoms with Crippen LogP contribution < -0.4 is 5.32 Å². The predicted molar refractivity (Wildman–Crippen MR) is 122 cm³/mol. The van der Waals surface area contributed by atoms with Gasteiger partial charge in [-0.2, -0.15) is 0 Å². The molecule has 1 N–H and O–H groups in total. The van der Waals surface area contributed by atoms with Crippen molar-refractivity contribution in [3.63, 3.8) is 0 Å². The molecule has 0 atom stereocenters. The lowest BCUT2D eigenvalue weighted by Crippen LogP contribution is -2.30. The molecular formula is C24H27BrN2O3. The van der Waals surface area contributed by atoms with Gasteiger partial charge in [0.1, 0.15) is 0 Å². The van der Waals surface area contributed by atoms with E-state index in [1.54, 1.807) is 24.3 Å². The van der Waals surface area contributed by atoms with Crippen LogP contribution in [-0.2, 0) is 10.2 Å². The van der Waals surface area contributed by atoms with Gasteiger partial charge >= 0.3 is 0 Å². The van der Waals surface area contributed by atoms with Crippen LogP contribution >= 0.6 is 15.9 Å². The summed E-state index contributed by atoms with van der Waals surface area (Å²) in [6.07, 6.45) is 2.55. The summed E-state index contributed by atoms with van der Waals surface area (Å²) in [7, 11) is 0. The third-order valence-electron chi connectivity index (χ3n) is 5.27. The second kappa shape index (κ2) is 9.13. The minimum atomic E-state index is -0.225. The summed E-state index contributed by atoms with van der Waals surface area (Å²) in [6.45, 7) is 6.83. The Morgan fingerprint density at radius 2 is 1.60 bits per heavy atom. The van der Waals surface area contributed by atoms with Crippen molar-refractivity contribution in [2.75, 3.05) is 11.9 Å². The quantitative estimate of drug-likeness (QED) is 0.426. The molecule has 0 aliphatic carbocycles. The van der Waals surface area contributed by atoms with Gasteiger partial charge in [0.2, 0.25) is 5.91 Å². The highest BCUT2D eigenvalue weighted by Crippen LogP contribution is 2.30. The lowest BCUT2D eigenvalue weighted by molar-refractivity contribution is -0.116. The average Bonchev–Trinajstić information content (AvgIpc) is 2.93. The van der Waals surface area contributed by atoms with Crippen molar-refractivity contribution < 1.29 is 14.4 Å². The highest BCUT2D eigenvalue weighted by atomic mass is 79.9. The Balaban J connectivity index is 1.42. The number of carbonyl (C=O) groups is 3. The van der Waals surface area contributed by atoms with Crippen LogP contribution in [-0.4, -0.2) is 29.2 Å². The van der Waals surface area contributed by atoms with Crippen LogP contribution in [0.15, 0.2) is 46.9 Å². The maximum Gasteiger partial charge on any atom is 0.261 e. The summed E-state index contributed by atoms with van der Waals surface area (Å²) in [5.74, 6) is -0.492. The Bertz CT molecular complexity index is 944. The number of rotatable bonds is 7. The molecule has 1 aliphatic rings. The van der Waals surface area contributed by atoms with Crippen molar-refractivity contribution >= 4 is 39.3 Å². The SMILES string of the molecule is CC(C)(C)c1ccc(NC(=O)CCCCCN2C(=O)c3ccccc3C2=O)c(Br)c1. The smallest absolute Gasteiger partial charge is 0.261 e. The van der Waals surface area contributed by atoms with Gasteiger partial charge < -0.3 is 5.32 Å². The van der Waals surface area contributed by atoms with E-state index in [0.717, 1.165) is 16.6 Å². The number of nitrogens with zero attached hydrogens (tertiary/aromatic N) is 1. The fourth-order valence-electron chi connectivity index (χ4n) is 3.47. The molecular weight excluding hydrogens is 444 g/mol. The Morgan fingerprint density at radius 1 is 0.967 bits per heavy atom. The van der Waals surface area contributed by atoms with Crippen LogP contribution in [0.4, 0.5) is 5.69 Å². The van der Waals surface area contributed by atoms with E-state index < -0.39 is 0 Å². The number of hydrogen-bond donors (Lipinski definition) is 1. The van der Waals surface area contributed by atoms with Crippen LogP contribution in [0.2, 0.25) is 0 Å². The van der Waals surface area contributed by atoms with E-state index in [9.17, 15) is 14.4 Å². The number of hydrogen-bond acceptors (Lipinski definition) is 3. The van der Waals surface area contributed by atoms with E-state index in [1.807, 2.05) is 18.2 Å². The van der Waals surface area contributed by atoms with Crippen LogP contribution in [0, 0.1) is 0 Å². The van der Waals surface area contributed by atoms with E-state index in [1.165, 1.54) is 10.5 Å². The van der Waals surface area contributed by atoms with Crippen molar-refractivity contribution in [2.24, 2.45) is 0 Å². The number of halogens is 1. The van der Waals surface area contributed by atoms with Crippen molar-refractivity contribution in [2.45, 2.75) is 51.9 Å². The summed E-state index contributed by atoms with van der Waals surface area (Å²) < 4.78 is 0.869. The number of carbonyl (C=O) groups excluding carboxylic acids is 3. The summed E-state index contributed by atoms with van der Waals surface area (Å²) in [4.78, 5) is 38.2. The molecule has 0 unspecified atom stereocenters. The Labute approximate surface area is 186 Å². The molecule has 2 aromatic carbocycles. The average molecular weight is 471 g/mol. The fourth-order valence-corrected chi connectivity index (χ4v) is 3.95. The first-order valence-electron chi connectivity index (χ1n) is 10.2. The van der Waals surface area contributed by atoms with Crippen molar-refractivity contribution in [3.05, 3.63) is 63.6 Å². The Morgan fingerprint density at radius 3 is 2.17 bits per heavy atom. The molecule has 3 rings (SSSR count). The molecule has 0 bridgehead atoms. The second-order valence-corrected chi connectivity index (χ2v) is 9.47. The van der Waals surface area contributed by atoms with Crippen molar-refractivity contribution in [1.82, 2.24) is 4.90 Å². The molecule has 0 saturated carbocycles. The molecule has 0 fully saturated rings. The first-order valence-corrected chi connectivity index (χ1v) is 11.0. The zero-order chi connectivity index (χ0) is 21.9. The predicted octanol–water partition coefficient (Wildman–Crippen LogP) is 5.54. The maximum atomic E-state index is 12.3. The number of anilines is 1. The summed E-state index contributed by atoms with van der Waals surface area (Å²) in [5.41, 5.74) is 2.96. The lowest BCUT2D eigenvalue weighted by atomic mass is 9.87. The minimum absolute atomic E-state index is 0.0417. The monoisotopic (exact) mass is 470 g/mol. The van der Waals surface area contributed by atoms with Crippen LogP contribution in [0.25, 0.3) is 0 Å². The van der Waals surface area contributed by atoms with Gasteiger partial charge in [-0.05, 0) is 64.0 Å². The van der Waals surface area contributed by atoms with E-state index >= 15 is 0 Å². The Hall–Kier alpha value is -2.47. The van der Waals surface area contributed by atoms with Gasteiger partial charge in [-0.25, -0.2) is 0 Å². The summed E-state index contributed by atoms with van der Waals surface area (Å²) >= 11 is 3.54. The zero-order valence-corrected chi connectivity index (χ0v) is 19.2. The molecule has 158 valence electrons. The molecule has 3 amide bonds. The third-order valence-corrected chi connectivity index (χ3v) is 5.93. The van der Waals surface area contributed by atoms with E-state index in [-0.39, 0.29) is 23.1 Å². The number of imide groups is 1.